The van der Waals surface area contributed by atoms with Gasteiger partial charge in [0.1, 0.15) is 12.3 Å². The molecule has 29 heavy (non-hydrogen) atoms. The number of anilines is 1. The maximum atomic E-state index is 12.3. The molecular formula is C19H23N3O6S. The third-order valence-electron chi connectivity index (χ3n) is 3.87. The second-order valence-corrected chi connectivity index (χ2v) is 7.75. The van der Waals surface area contributed by atoms with Crippen LogP contribution in [0.5, 0.6) is 17.2 Å². The monoisotopic (exact) mass is 421 g/mol. The molecule has 0 unspecified atom stereocenters. The zero-order valence-electron chi connectivity index (χ0n) is 16.6. The van der Waals surface area contributed by atoms with E-state index in [4.69, 9.17) is 14.2 Å². The summed E-state index contributed by atoms with van der Waals surface area (Å²) in [7, 11) is 0.826. The summed E-state index contributed by atoms with van der Waals surface area (Å²) in [6.07, 6.45) is 2.41. The molecule has 1 amide bonds. The van der Waals surface area contributed by atoms with E-state index < -0.39 is 22.5 Å². The maximum absolute atomic E-state index is 12.3. The Morgan fingerprint density at radius 2 is 1.76 bits per heavy atom. The lowest BCUT2D eigenvalue weighted by Gasteiger charge is -2.21. The summed E-state index contributed by atoms with van der Waals surface area (Å²) in [5.74, 6) is 0.947. The molecule has 0 saturated carbocycles. The molecule has 0 radical (unpaired) electrons. The highest BCUT2D eigenvalue weighted by Gasteiger charge is 2.20. The van der Waals surface area contributed by atoms with Gasteiger partial charge in [0.15, 0.2) is 11.5 Å². The minimum absolute atomic E-state index is 0.335. The van der Waals surface area contributed by atoms with Gasteiger partial charge in [0.05, 0.1) is 39.5 Å². The zero-order valence-corrected chi connectivity index (χ0v) is 17.4. The van der Waals surface area contributed by atoms with Gasteiger partial charge >= 0.3 is 0 Å². The van der Waals surface area contributed by atoms with Crippen molar-refractivity contribution in [1.82, 2.24) is 5.43 Å². The van der Waals surface area contributed by atoms with Crippen molar-refractivity contribution >= 4 is 27.8 Å². The summed E-state index contributed by atoms with van der Waals surface area (Å²) in [6.45, 7) is -0.433. The largest absolute Gasteiger partial charge is 0.497 e. The van der Waals surface area contributed by atoms with Crippen molar-refractivity contribution in [3.63, 3.8) is 0 Å². The average Bonchev–Trinajstić information content (AvgIpc) is 2.71. The average molecular weight is 421 g/mol. The summed E-state index contributed by atoms with van der Waals surface area (Å²) in [5.41, 5.74) is 3.24. The van der Waals surface area contributed by atoms with Crippen molar-refractivity contribution in [1.29, 1.82) is 0 Å². The van der Waals surface area contributed by atoms with Crippen LogP contribution in [-0.4, -0.2) is 54.7 Å². The first-order valence-electron chi connectivity index (χ1n) is 8.44. The van der Waals surface area contributed by atoms with Crippen LogP contribution in [-0.2, 0) is 14.8 Å². The molecule has 2 aromatic rings. The van der Waals surface area contributed by atoms with Crippen molar-refractivity contribution < 1.29 is 27.4 Å². The lowest BCUT2D eigenvalue weighted by atomic mass is 10.2. The number of carbonyl (C=O) groups is 1. The number of amides is 1. The molecule has 0 aliphatic carbocycles. The van der Waals surface area contributed by atoms with Gasteiger partial charge in [-0.2, -0.15) is 5.10 Å². The van der Waals surface area contributed by atoms with Crippen molar-refractivity contribution in [2.24, 2.45) is 5.10 Å². The van der Waals surface area contributed by atoms with Crippen molar-refractivity contribution in [2.75, 3.05) is 38.4 Å². The highest BCUT2D eigenvalue weighted by Crippen LogP contribution is 2.29. The Hall–Kier alpha value is -3.27. The molecule has 9 nitrogen and oxygen atoms in total. The van der Waals surface area contributed by atoms with Gasteiger partial charge in [0.2, 0.25) is 10.0 Å². The Bertz CT molecular complexity index is 974. The third kappa shape index (κ3) is 5.85. The Morgan fingerprint density at radius 1 is 1.07 bits per heavy atom. The molecule has 0 aliphatic heterocycles. The fraction of sp³-hybridized carbons (Fsp3) is 0.263. The summed E-state index contributed by atoms with van der Waals surface area (Å²) < 4.78 is 40.8. The fourth-order valence-electron chi connectivity index (χ4n) is 2.50. The van der Waals surface area contributed by atoms with Crippen LogP contribution in [0.15, 0.2) is 47.6 Å². The molecule has 0 spiro atoms. The second-order valence-electron chi connectivity index (χ2n) is 5.84. The quantitative estimate of drug-likeness (QED) is 0.487. The lowest BCUT2D eigenvalue weighted by molar-refractivity contribution is -0.119. The fourth-order valence-corrected chi connectivity index (χ4v) is 3.36. The Kier molecular flexibility index (Phi) is 7.43. The number of carbonyl (C=O) groups excluding carboxylic acids is 1. The standard InChI is InChI=1S/C19H23N3O6S/c1-26-16-10-8-15(9-11-16)22(29(4,24)25)13-18(23)21-20-12-14-6-5-7-17(27-2)19(14)28-3/h5-12H,13H2,1-4H3,(H,21,23)/b20-12+. The minimum Gasteiger partial charge on any atom is -0.497 e. The Morgan fingerprint density at radius 3 is 2.31 bits per heavy atom. The summed E-state index contributed by atoms with van der Waals surface area (Å²) >= 11 is 0. The lowest BCUT2D eigenvalue weighted by Crippen LogP contribution is -2.39. The van der Waals surface area contributed by atoms with Crippen LogP contribution in [0.1, 0.15) is 5.56 Å². The van der Waals surface area contributed by atoms with Gasteiger partial charge in [-0.25, -0.2) is 13.8 Å². The number of para-hydroxylation sites is 1. The van der Waals surface area contributed by atoms with E-state index >= 15 is 0 Å². The predicted molar refractivity (Wildman–Crippen MR) is 110 cm³/mol. The first-order valence-corrected chi connectivity index (χ1v) is 10.3. The number of hydrazone groups is 1. The molecule has 2 rings (SSSR count). The van der Waals surface area contributed by atoms with Crippen LogP contribution in [0.25, 0.3) is 0 Å². The number of hydrogen-bond acceptors (Lipinski definition) is 7. The third-order valence-corrected chi connectivity index (χ3v) is 5.01. The number of nitrogens with one attached hydrogen (secondary N) is 1. The first-order chi connectivity index (χ1) is 13.8. The van der Waals surface area contributed by atoms with Crippen LogP contribution in [0.4, 0.5) is 5.69 Å². The van der Waals surface area contributed by atoms with Gasteiger partial charge in [-0.05, 0) is 36.4 Å². The van der Waals surface area contributed by atoms with Gasteiger partial charge in [0.25, 0.3) is 5.91 Å². The predicted octanol–water partition coefficient (Wildman–Crippen LogP) is 1.63. The van der Waals surface area contributed by atoms with E-state index in [0.717, 1.165) is 10.6 Å². The number of ether oxygens (including phenoxy) is 3. The van der Waals surface area contributed by atoms with E-state index in [0.29, 0.717) is 28.5 Å². The molecule has 156 valence electrons. The van der Waals surface area contributed by atoms with Gasteiger partial charge in [-0.15, -0.1) is 0 Å². The Balaban J connectivity index is 2.12. The summed E-state index contributed by atoms with van der Waals surface area (Å²) in [6, 6.07) is 11.5. The van der Waals surface area contributed by atoms with Crippen LogP contribution in [0.3, 0.4) is 0 Å². The second kappa shape index (κ2) is 9.78. The van der Waals surface area contributed by atoms with Gasteiger partial charge in [-0.3, -0.25) is 9.10 Å². The van der Waals surface area contributed by atoms with Gasteiger partial charge in [0, 0.05) is 5.56 Å². The van der Waals surface area contributed by atoms with Crippen molar-refractivity contribution in [2.45, 2.75) is 0 Å². The number of rotatable bonds is 9. The van der Waals surface area contributed by atoms with E-state index in [1.165, 1.54) is 27.5 Å². The van der Waals surface area contributed by atoms with E-state index in [-0.39, 0.29) is 0 Å². The number of hydrogen-bond donors (Lipinski definition) is 1. The molecular weight excluding hydrogens is 398 g/mol. The molecule has 0 aromatic heterocycles. The number of sulfonamides is 1. The number of benzene rings is 2. The normalized spacial score (nSPS) is 11.2. The topological polar surface area (TPSA) is 107 Å². The van der Waals surface area contributed by atoms with Crippen LogP contribution < -0.4 is 23.9 Å². The minimum atomic E-state index is -3.69. The SMILES string of the molecule is COc1ccc(N(CC(=O)N/N=C/c2cccc(OC)c2OC)S(C)(=O)=O)cc1. The van der Waals surface area contributed by atoms with Crippen molar-refractivity contribution in [3.8, 4) is 17.2 Å². The van der Waals surface area contributed by atoms with Crippen LogP contribution in [0, 0.1) is 0 Å². The van der Waals surface area contributed by atoms with Gasteiger partial charge in [-0.1, -0.05) is 6.07 Å². The zero-order chi connectivity index (χ0) is 21.4. The van der Waals surface area contributed by atoms with Crippen molar-refractivity contribution in [3.05, 3.63) is 48.0 Å². The summed E-state index contributed by atoms with van der Waals surface area (Å²) in [4.78, 5) is 12.3. The van der Waals surface area contributed by atoms with Crippen LogP contribution >= 0.6 is 0 Å². The number of methoxy groups -OCH3 is 3. The van der Waals surface area contributed by atoms with E-state index in [2.05, 4.69) is 10.5 Å². The molecule has 10 heteroatoms. The number of nitrogens with zero attached hydrogens (tertiary/aromatic N) is 2. The summed E-state index contributed by atoms with van der Waals surface area (Å²) in [5, 5.41) is 3.88. The Labute approximate surface area is 169 Å². The molecule has 0 aliphatic rings. The molecule has 0 atom stereocenters. The smallest absolute Gasteiger partial charge is 0.260 e. The van der Waals surface area contributed by atoms with E-state index in [1.807, 2.05) is 0 Å². The molecule has 0 heterocycles. The molecule has 0 saturated heterocycles. The molecule has 0 bridgehead atoms. The van der Waals surface area contributed by atoms with Gasteiger partial charge < -0.3 is 14.2 Å². The van der Waals surface area contributed by atoms with Crippen LogP contribution in [0.2, 0.25) is 0 Å². The maximum Gasteiger partial charge on any atom is 0.260 e. The van der Waals surface area contributed by atoms with E-state index in [9.17, 15) is 13.2 Å². The highest BCUT2D eigenvalue weighted by molar-refractivity contribution is 7.92. The molecule has 1 N–H and O–H groups in total. The molecule has 2 aromatic carbocycles. The molecule has 0 fully saturated rings. The first kappa shape index (κ1) is 22.0. The van der Waals surface area contributed by atoms with E-state index in [1.54, 1.807) is 42.5 Å². The highest BCUT2D eigenvalue weighted by atomic mass is 32.2.